The van der Waals surface area contributed by atoms with Crippen LogP contribution in [0, 0.1) is 6.92 Å². The van der Waals surface area contributed by atoms with Crippen LogP contribution in [-0.2, 0) is 4.74 Å². The maximum absolute atomic E-state index is 6.39. The van der Waals surface area contributed by atoms with Gasteiger partial charge in [0.25, 0.3) is 0 Å². The van der Waals surface area contributed by atoms with Gasteiger partial charge in [0.15, 0.2) is 0 Å². The number of anilines is 1. The van der Waals surface area contributed by atoms with Crippen molar-refractivity contribution in [2.45, 2.75) is 63.6 Å². The van der Waals surface area contributed by atoms with Crippen molar-refractivity contribution in [3.05, 3.63) is 28.8 Å². The van der Waals surface area contributed by atoms with Gasteiger partial charge in [0.1, 0.15) is 0 Å². The molecule has 1 saturated carbocycles. The van der Waals surface area contributed by atoms with Gasteiger partial charge in [-0.05, 0) is 50.3 Å². The smallest absolute Gasteiger partial charge is 0.0756 e. The van der Waals surface area contributed by atoms with Crippen LogP contribution in [0.1, 0.15) is 50.5 Å². The lowest BCUT2D eigenvalue weighted by molar-refractivity contribution is -0.0588. The summed E-state index contributed by atoms with van der Waals surface area (Å²) in [6.45, 7) is 2.95. The molecule has 0 radical (unpaired) electrons. The van der Waals surface area contributed by atoms with Crippen LogP contribution < -0.4 is 5.32 Å². The third-order valence-corrected chi connectivity index (χ3v) is 5.30. The highest BCUT2D eigenvalue weighted by molar-refractivity contribution is 6.31. The van der Waals surface area contributed by atoms with Crippen molar-refractivity contribution in [2.24, 2.45) is 0 Å². The molecule has 1 spiro atoms. The lowest BCUT2D eigenvalue weighted by Crippen LogP contribution is -2.33. The first-order valence-electron chi connectivity index (χ1n) is 7.85. The SMILES string of the molecule is Cc1c(Cl)cccc1NCC1CCC2(CCCCC2)O1. The van der Waals surface area contributed by atoms with E-state index in [0.717, 1.165) is 22.8 Å². The summed E-state index contributed by atoms with van der Waals surface area (Å²) in [5.41, 5.74) is 2.47. The molecule has 3 heteroatoms. The fourth-order valence-electron chi connectivity index (χ4n) is 3.63. The predicted octanol–water partition coefficient (Wildman–Crippen LogP) is 4.94. The van der Waals surface area contributed by atoms with E-state index >= 15 is 0 Å². The number of benzene rings is 1. The molecule has 1 aromatic rings. The van der Waals surface area contributed by atoms with Crippen LogP contribution in [-0.4, -0.2) is 18.2 Å². The van der Waals surface area contributed by atoms with Crippen molar-refractivity contribution in [3.8, 4) is 0 Å². The number of rotatable bonds is 3. The molecule has 0 bridgehead atoms. The van der Waals surface area contributed by atoms with Gasteiger partial charge >= 0.3 is 0 Å². The summed E-state index contributed by atoms with van der Waals surface area (Å²) in [7, 11) is 0. The minimum absolute atomic E-state index is 0.216. The average Bonchev–Trinajstić information content (AvgIpc) is 2.84. The van der Waals surface area contributed by atoms with E-state index in [-0.39, 0.29) is 5.60 Å². The van der Waals surface area contributed by atoms with Gasteiger partial charge < -0.3 is 10.1 Å². The van der Waals surface area contributed by atoms with Gasteiger partial charge in [0.2, 0.25) is 0 Å². The molecule has 2 aliphatic rings. The van der Waals surface area contributed by atoms with Gasteiger partial charge in [0, 0.05) is 17.3 Å². The molecular formula is C17H24ClNO. The van der Waals surface area contributed by atoms with Gasteiger partial charge in [-0.3, -0.25) is 0 Å². The highest BCUT2D eigenvalue weighted by atomic mass is 35.5. The monoisotopic (exact) mass is 293 g/mol. The molecule has 1 N–H and O–H groups in total. The summed E-state index contributed by atoms with van der Waals surface area (Å²) in [5.74, 6) is 0. The van der Waals surface area contributed by atoms with E-state index in [9.17, 15) is 0 Å². The van der Waals surface area contributed by atoms with Gasteiger partial charge in [0.05, 0.1) is 11.7 Å². The van der Waals surface area contributed by atoms with Gasteiger partial charge in [-0.1, -0.05) is 36.9 Å². The molecule has 1 heterocycles. The first kappa shape index (κ1) is 14.2. The number of ether oxygens (including phenoxy) is 1. The molecule has 1 aromatic carbocycles. The van der Waals surface area contributed by atoms with Crippen LogP contribution in [0.4, 0.5) is 5.69 Å². The zero-order chi connectivity index (χ0) is 14.0. The third kappa shape index (κ3) is 2.96. The highest BCUT2D eigenvalue weighted by Gasteiger charge is 2.40. The number of hydrogen-bond donors (Lipinski definition) is 1. The van der Waals surface area contributed by atoms with Crippen LogP contribution in [0.5, 0.6) is 0 Å². The maximum Gasteiger partial charge on any atom is 0.0756 e. The summed E-state index contributed by atoms with van der Waals surface area (Å²) in [6, 6.07) is 6.02. The van der Waals surface area contributed by atoms with E-state index < -0.39 is 0 Å². The molecule has 2 fully saturated rings. The minimum atomic E-state index is 0.216. The largest absolute Gasteiger partial charge is 0.382 e. The first-order chi connectivity index (χ1) is 9.69. The molecule has 20 heavy (non-hydrogen) atoms. The zero-order valence-corrected chi connectivity index (χ0v) is 13.0. The third-order valence-electron chi connectivity index (χ3n) is 4.89. The lowest BCUT2D eigenvalue weighted by atomic mass is 9.83. The Labute approximate surface area is 126 Å². The van der Waals surface area contributed by atoms with Crippen molar-refractivity contribution in [3.63, 3.8) is 0 Å². The molecule has 1 saturated heterocycles. The van der Waals surface area contributed by atoms with Gasteiger partial charge in [-0.15, -0.1) is 0 Å². The molecule has 1 unspecified atom stereocenters. The Morgan fingerprint density at radius 2 is 2.05 bits per heavy atom. The van der Waals surface area contributed by atoms with E-state index in [1.165, 1.54) is 44.9 Å². The Morgan fingerprint density at radius 3 is 2.85 bits per heavy atom. The van der Waals surface area contributed by atoms with Gasteiger partial charge in [-0.2, -0.15) is 0 Å². The van der Waals surface area contributed by atoms with E-state index in [2.05, 4.69) is 18.3 Å². The summed E-state index contributed by atoms with van der Waals surface area (Å²) in [6.07, 6.45) is 9.38. The summed E-state index contributed by atoms with van der Waals surface area (Å²) in [4.78, 5) is 0. The van der Waals surface area contributed by atoms with E-state index in [1.807, 2.05) is 12.1 Å². The molecule has 0 aromatic heterocycles. The summed E-state index contributed by atoms with van der Waals surface area (Å²) < 4.78 is 6.39. The maximum atomic E-state index is 6.39. The molecule has 2 nitrogen and oxygen atoms in total. The fourth-order valence-corrected chi connectivity index (χ4v) is 3.80. The number of hydrogen-bond acceptors (Lipinski definition) is 2. The van der Waals surface area contributed by atoms with Crippen molar-refractivity contribution >= 4 is 17.3 Å². The Morgan fingerprint density at radius 1 is 1.25 bits per heavy atom. The van der Waals surface area contributed by atoms with Gasteiger partial charge in [-0.25, -0.2) is 0 Å². The molecule has 1 atom stereocenters. The van der Waals surface area contributed by atoms with Crippen molar-refractivity contribution in [2.75, 3.05) is 11.9 Å². The average molecular weight is 294 g/mol. The van der Waals surface area contributed by atoms with Crippen LogP contribution in [0.25, 0.3) is 0 Å². The van der Waals surface area contributed by atoms with E-state index in [4.69, 9.17) is 16.3 Å². The van der Waals surface area contributed by atoms with Crippen LogP contribution in [0.3, 0.4) is 0 Å². The normalized spacial score (nSPS) is 25.0. The molecule has 3 rings (SSSR count). The second-order valence-electron chi connectivity index (χ2n) is 6.32. The van der Waals surface area contributed by atoms with Crippen LogP contribution in [0.2, 0.25) is 5.02 Å². The second-order valence-corrected chi connectivity index (χ2v) is 6.72. The van der Waals surface area contributed by atoms with Crippen LogP contribution >= 0.6 is 11.6 Å². The summed E-state index contributed by atoms with van der Waals surface area (Å²) in [5, 5.41) is 4.33. The standard InChI is InChI=1S/C17H24ClNO/c1-13-15(18)6-5-7-16(13)19-12-14-8-11-17(20-14)9-3-2-4-10-17/h5-7,14,19H,2-4,8-12H2,1H3. The minimum Gasteiger partial charge on any atom is -0.382 e. The molecule has 0 amide bonds. The highest BCUT2D eigenvalue weighted by Crippen LogP contribution is 2.41. The van der Waals surface area contributed by atoms with E-state index in [1.54, 1.807) is 0 Å². The Hall–Kier alpha value is -0.730. The number of halogens is 1. The lowest BCUT2D eigenvalue weighted by Gasteiger charge is -2.33. The number of nitrogens with one attached hydrogen (secondary N) is 1. The Kier molecular flexibility index (Phi) is 4.23. The Bertz CT molecular complexity index is 468. The predicted molar refractivity (Wildman–Crippen MR) is 84.6 cm³/mol. The first-order valence-corrected chi connectivity index (χ1v) is 8.23. The van der Waals surface area contributed by atoms with Crippen molar-refractivity contribution in [1.82, 2.24) is 0 Å². The zero-order valence-electron chi connectivity index (χ0n) is 12.3. The molecule has 1 aliphatic carbocycles. The molecule has 110 valence electrons. The van der Waals surface area contributed by atoms with E-state index in [0.29, 0.717) is 6.10 Å². The topological polar surface area (TPSA) is 21.3 Å². The summed E-state index contributed by atoms with van der Waals surface area (Å²) >= 11 is 6.15. The quantitative estimate of drug-likeness (QED) is 0.852. The fraction of sp³-hybridized carbons (Fsp3) is 0.647. The molecule has 1 aliphatic heterocycles. The Balaban J connectivity index is 1.56. The molecular weight excluding hydrogens is 270 g/mol. The van der Waals surface area contributed by atoms with Crippen molar-refractivity contribution in [1.29, 1.82) is 0 Å². The van der Waals surface area contributed by atoms with Crippen LogP contribution in [0.15, 0.2) is 18.2 Å². The van der Waals surface area contributed by atoms with Crippen molar-refractivity contribution < 1.29 is 4.74 Å². The second kappa shape index (κ2) is 5.95.